The maximum absolute atomic E-state index is 10.5. The van der Waals surface area contributed by atoms with Crippen molar-refractivity contribution in [3.63, 3.8) is 0 Å². The van der Waals surface area contributed by atoms with Gasteiger partial charge in [-0.15, -0.1) is 0 Å². The molecule has 0 aliphatic carbocycles. The molecule has 96 valence electrons. The normalized spacial score (nSPS) is 14.6. The van der Waals surface area contributed by atoms with Crippen molar-refractivity contribution in [3.05, 3.63) is 29.0 Å². The Morgan fingerprint density at radius 2 is 2.22 bits per heavy atom. The molecule has 2 rings (SSSR count). The Morgan fingerprint density at radius 3 is 2.89 bits per heavy atom. The predicted octanol–water partition coefficient (Wildman–Crippen LogP) is 1.09. The van der Waals surface area contributed by atoms with Gasteiger partial charge in [0.25, 0.3) is 0 Å². The largest absolute Gasteiger partial charge is 0.481 e. The number of nitrogens with zero attached hydrogens (tertiary/aromatic N) is 1. The molecule has 0 aliphatic rings. The second-order valence-electron chi connectivity index (χ2n) is 3.87. The van der Waals surface area contributed by atoms with Crippen molar-refractivity contribution in [2.75, 3.05) is 0 Å². The summed E-state index contributed by atoms with van der Waals surface area (Å²) >= 11 is 5.99. The van der Waals surface area contributed by atoms with Crippen LogP contribution in [0.5, 0.6) is 0 Å². The highest BCUT2D eigenvalue weighted by Crippen LogP contribution is 2.31. The highest BCUT2D eigenvalue weighted by Gasteiger charge is 2.24. The summed E-state index contributed by atoms with van der Waals surface area (Å²) in [6.45, 7) is 0. The zero-order valence-corrected chi connectivity index (χ0v) is 9.92. The monoisotopic (exact) mass is 270 g/mol. The van der Waals surface area contributed by atoms with Gasteiger partial charge in [0.2, 0.25) is 0 Å². The molecule has 0 bridgehead atoms. The first kappa shape index (κ1) is 12.8. The molecule has 0 radical (unpaired) electrons. The van der Waals surface area contributed by atoms with E-state index in [9.17, 15) is 15.0 Å². The fourth-order valence-corrected chi connectivity index (χ4v) is 2.03. The van der Waals surface area contributed by atoms with Gasteiger partial charge in [-0.3, -0.25) is 4.79 Å². The van der Waals surface area contributed by atoms with E-state index in [4.69, 9.17) is 16.7 Å². The van der Waals surface area contributed by atoms with Gasteiger partial charge in [-0.05, 0) is 6.07 Å². The fraction of sp³-hybridized carbons (Fsp3) is 0.273. The Morgan fingerprint density at radius 1 is 1.50 bits per heavy atom. The predicted molar refractivity (Wildman–Crippen MR) is 64.3 cm³/mol. The summed E-state index contributed by atoms with van der Waals surface area (Å²) in [6, 6.07) is 1.55. The van der Waals surface area contributed by atoms with Crippen LogP contribution in [0.15, 0.2) is 18.5 Å². The SMILES string of the molecule is O=C(O)CC(O)C(O)c1c[nH]c2nccc(Cl)c12. The molecule has 2 aromatic heterocycles. The summed E-state index contributed by atoms with van der Waals surface area (Å²) < 4.78 is 0. The first-order chi connectivity index (χ1) is 8.50. The molecule has 0 saturated carbocycles. The number of aliphatic hydroxyl groups excluding tert-OH is 2. The lowest BCUT2D eigenvalue weighted by atomic mass is 10.0. The number of hydrogen-bond donors (Lipinski definition) is 4. The quantitative estimate of drug-likeness (QED) is 0.665. The molecule has 18 heavy (non-hydrogen) atoms. The van der Waals surface area contributed by atoms with Crippen LogP contribution >= 0.6 is 11.6 Å². The second-order valence-corrected chi connectivity index (χ2v) is 4.28. The van der Waals surface area contributed by atoms with Crippen LogP contribution in [0.2, 0.25) is 5.02 Å². The number of aliphatic carboxylic acids is 1. The van der Waals surface area contributed by atoms with Crippen molar-refractivity contribution in [2.45, 2.75) is 18.6 Å². The summed E-state index contributed by atoms with van der Waals surface area (Å²) in [7, 11) is 0. The lowest BCUT2D eigenvalue weighted by Crippen LogP contribution is -2.21. The van der Waals surface area contributed by atoms with Crippen LogP contribution in [0, 0.1) is 0 Å². The number of aliphatic hydroxyl groups is 2. The minimum absolute atomic E-state index is 0.330. The molecule has 0 fully saturated rings. The summed E-state index contributed by atoms with van der Waals surface area (Å²) in [5.41, 5.74) is 0.802. The Labute approximate surface area is 107 Å². The second kappa shape index (κ2) is 4.93. The van der Waals surface area contributed by atoms with Crippen molar-refractivity contribution >= 4 is 28.6 Å². The average molecular weight is 271 g/mol. The minimum Gasteiger partial charge on any atom is -0.481 e. The zero-order valence-electron chi connectivity index (χ0n) is 9.17. The molecule has 4 N–H and O–H groups in total. The van der Waals surface area contributed by atoms with Crippen molar-refractivity contribution in [3.8, 4) is 0 Å². The number of hydrogen-bond acceptors (Lipinski definition) is 4. The van der Waals surface area contributed by atoms with E-state index in [0.717, 1.165) is 0 Å². The molecular formula is C11H11ClN2O4. The van der Waals surface area contributed by atoms with E-state index in [0.29, 0.717) is 21.6 Å². The molecule has 0 saturated heterocycles. The Hall–Kier alpha value is -1.63. The van der Waals surface area contributed by atoms with Gasteiger partial charge >= 0.3 is 5.97 Å². The number of carboxylic acid groups (broad SMARTS) is 1. The van der Waals surface area contributed by atoms with Crippen LogP contribution in [0.4, 0.5) is 0 Å². The Bertz CT molecular complexity index is 583. The average Bonchev–Trinajstić information content (AvgIpc) is 2.72. The molecule has 6 nitrogen and oxygen atoms in total. The minimum atomic E-state index is -1.40. The van der Waals surface area contributed by atoms with Crippen molar-refractivity contribution in [1.82, 2.24) is 9.97 Å². The molecule has 2 atom stereocenters. The third-order valence-corrected chi connectivity index (χ3v) is 2.94. The standard InChI is InChI=1S/C11H11ClN2O4/c12-6-1-2-13-11-9(6)5(4-14-11)10(18)7(15)3-8(16)17/h1-2,4,7,10,15,18H,3H2,(H,13,14)(H,16,17). The number of fused-ring (bicyclic) bond motifs is 1. The van der Waals surface area contributed by atoms with Crippen molar-refractivity contribution in [1.29, 1.82) is 0 Å². The fourth-order valence-electron chi connectivity index (χ4n) is 1.77. The summed E-state index contributed by atoms with van der Waals surface area (Å²) in [5.74, 6) is -1.19. The molecule has 7 heteroatoms. The summed E-state index contributed by atoms with van der Waals surface area (Å²) in [6.07, 6.45) is -0.329. The first-order valence-corrected chi connectivity index (χ1v) is 5.58. The van der Waals surface area contributed by atoms with Gasteiger partial charge in [0.15, 0.2) is 0 Å². The molecule has 2 aromatic rings. The van der Waals surface area contributed by atoms with Crippen molar-refractivity contribution in [2.24, 2.45) is 0 Å². The van der Waals surface area contributed by atoms with E-state index in [1.165, 1.54) is 12.4 Å². The van der Waals surface area contributed by atoms with E-state index in [-0.39, 0.29) is 0 Å². The number of carboxylic acids is 1. The first-order valence-electron chi connectivity index (χ1n) is 5.20. The van der Waals surface area contributed by atoms with Crippen LogP contribution in [0.1, 0.15) is 18.1 Å². The number of halogens is 1. The lowest BCUT2D eigenvalue weighted by Gasteiger charge is -2.15. The van der Waals surface area contributed by atoms with Crippen molar-refractivity contribution < 1.29 is 20.1 Å². The van der Waals surface area contributed by atoms with Crippen LogP contribution in [0.25, 0.3) is 11.0 Å². The third kappa shape index (κ3) is 2.31. The van der Waals surface area contributed by atoms with Gasteiger partial charge in [-0.2, -0.15) is 0 Å². The zero-order chi connectivity index (χ0) is 13.3. The van der Waals surface area contributed by atoms with Crippen LogP contribution in [-0.4, -0.2) is 37.4 Å². The van der Waals surface area contributed by atoms with Gasteiger partial charge in [-0.25, -0.2) is 4.98 Å². The number of H-pyrrole nitrogens is 1. The molecule has 0 aromatic carbocycles. The topological polar surface area (TPSA) is 106 Å². The molecule has 0 spiro atoms. The lowest BCUT2D eigenvalue weighted by molar-refractivity contribution is -0.141. The van der Waals surface area contributed by atoms with E-state index in [2.05, 4.69) is 9.97 Å². The third-order valence-electron chi connectivity index (χ3n) is 2.62. The van der Waals surface area contributed by atoms with Crippen LogP contribution < -0.4 is 0 Å². The molecule has 0 amide bonds. The number of aromatic nitrogens is 2. The molecular weight excluding hydrogens is 260 g/mol. The number of rotatable bonds is 4. The van der Waals surface area contributed by atoms with Gasteiger partial charge < -0.3 is 20.3 Å². The molecule has 2 unspecified atom stereocenters. The van der Waals surface area contributed by atoms with Gasteiger partial charge in [0.05, 0.1) is 17.5 Å². The van der Waals surface area contributed by atoms with E-state index >= 15 is 0 Å². The summed E-state index contributed by atoms with van der Waals surface area (Å²) in [4.78, 5) is 17.3. The Kier molecular flexibility index (Phi) is 3.51. The van der Waals surface area contributed by atoms with Crippen LogP contribution in [0.3, 0.4) is 0 Å². The Balaban J connectivity index is 2.39. The highest BCUT2D eigenvalue weighted by molar-refractivity contribution is 6.35. The number of aromatic amines is 1. The molecule has 2 heterocycles. The summed E-state index contributed by atoms with van der Waals surface area (Å²) in [5, 5.41) is 29.0. The maximum atomic E-state index is 10.5. The van der Waals surface area contributed by atoms with Gasteiger partial charge in [0.1, 0.15) is 11.8 Å². The van der Waals surface area contributed by atoms with Gasteiger partial charge in [0, 0.05) is 23.3 Å². The number of pyridine rings is 1. The molecule has 0 aliphatic heterocycles. The number of nitrogens with one attached hydrogen (secondary N) is 1. The maximum Gasteiger partial charge on any atom is 0.306 e. The number of carbonyl (C=O) groups is 1. The van der Waals surface area contributed by atoms with E-state index in [1.54, 1.807) is 6.07 Å². The van der Waals surface area contributed by atoms with Crippen LogP contribution in [-0.2, 0) is 4.79 Å². The smallest absolute Gasteiger partial charge is 0.306 e. The van der Waals surface area contributed by atoms with E-state index < -0.39 is 24.6 Å². The van der Waals surface area contributed by atoms with E-state index in [1.807, 2.05) is 0 Å². The highest BCUT2D eigenvalue weighted by atomic mass is 35.5. The van der Waals surface area contributed by atoms with Gasteiger partial charge in [-0.1, -0.05) is 11.6 Å².